The number of nitrogens with zero attached hydrogens (tertiary/aromatic N) is 3. The van der Waals surface area contributed by atoms with E-state index in [9.17, 15) is 19.2 Å². The smallest absolute Gasteiger partial charge is 0.407 e. The quantitative estimate of drug-likeness (QED) is 0.665. The van der Waals surface area contributed by atoms with E-state index in [0.717, 1.165) is 0 Å². The van der Waals surface area contributed by atoms with Crippen molar-refractivity contribution in [3.63, 3.8) is 0 Å². The molecule has 1 aromatic heterocycles. The van der Waals surface area contributed by atoms with Crippen LogP contribution in [0.4, 0.5) is 20.7 Å². The summed E-state index contributed by atoms with van der Waals surface area (Å²) in [6, 6.07) is 7.55. The molecule has 0 aliphatic heterocycles. The van der Waals surface area contributed by atoms with E-state index < -0.39 is 17.9 Å². The van der Waals surface area contributed by atoms with Gasteiger partial charge in [-0.25, -0.2) is 9.18 Å². The number of carbonyl (C=O) groups excluding carboxylic acids is 2. The van der Waals surface area contributed by atoms with Gasteiger partial charge in [-0.15, -0.1) is 0 Å². The van der Waals surface area contributed by atoms with E-state index in [0.29, 0.717) is 31.5 Å². The van der Waals surface area contributed by atoms with Crippen LogP contribution in [0.5, 0.6) is 0 Å². The van der Waals surface area contributed by atoms with E-state index in [1.54, 1.807) is 11.6 Å². The van der Waals surface area contributed by atoms with Gasteiger partial charge >= 0.3 is 6.09 Å². The number of anilines is 2. The van der Waals surface area contributed by atoms with Crippen molar-refractivity contribution in [1.82, 2.24) is 15.1 Å². The standard InChI is InChI=1S/C20H23FN6O3/c1-2-24-20(29)30-15-7-8-17(12(9-15)10-22)27-11-16(18(23)28)19(26-27)25-14-5-3-13(21)4-6-14/h3-6,11-12,15,17H,2,7-9H2,1H3,(H2,23,28)(H,24,29)(H,25,26)/t12-,15-,17+/m0/s1. The van der Waals surface area contributed by atoms with Crippen LogP contribution in [0.2, 0.25) is 0 Å². The van der Waals surface area contributed by atoms with E-state index in [4.69, 9.17) is 10.5 Å². The Kier molecular flexibility index (Phi) is 6.51. The van der Waals surface area contributed by atoms with Gasteiger partial charge in [-0.1, -0.05) is 0 Å². The average molecular weight is 414 g/mol. The second kappa shape index (κ2) is 9.26. The molecular formula is C20H23FN6O3. The van der Waals surface area contributed by atoms with Crippen molar-refractivity contribution in [3.05, 3.63) is 41.8 Å². The van der Waals surface area contributed by atoms with Crippen LogP contribution in [0.15, 0.2) is 30.5 Å². The minimum atomic E-state index is -0.673. The number of ether oxygens (including phenoxy) is 1. The Bertz CT molecular complexity index is 952. The molecule has 4 N–H and O–H groups in total. The number of benzene rings is 1. The molecule has 2 aromatic rings. The van der Waals surface area contributed by atoms with E-state index in [2.05, 4.69) is 21.8 Å². The summed E-state index contributed by atoms with van der Waals surface area (Å²) >= 11 is 0. The van der Waals surface area contributed by atoms with E-state index in [1.807, 2.05) is 0 Å². The van der Waals surface area contributed by atoms with Gasteiger partial charge in [0.2, 0.25) is 0 Å². The maximum Gasteiger partial charge on any atom is 0.407 e. The fourth-order valence-electron chi connectivity index (χ4n) is 3.52. The number of nitrogens with two attached hydrogens (primary N) is 1. The fraction of sp³-hybridized carbons (Fsp3) is 0.400. The minimum absolute atomic E-state index is 0.164. The Labute approximate surface area is 173 Å². The Morgan fingerprint density at radius 3 is 2.73 bits per heavy atom. The summed E-state index contributed by atoms with van der Waals surface area (Å²) in [4.78, 5) is 23.5. The maximum absolute atomic E-state index is 13.1. The number of amides is 2. The lowest BCUT2D eigenvalue weighted by Gasteiger charge is -2.32. The van der Waals surface area contributed by atoms with Gasteiger partial charge in [-0.2, -0.15) is 10.4 Å². The molecule has 1 saturated carbocycles. The second-order valence-corrected chi connectivity index (χ2v) is 7.04. The van der Waals surface area contributed by atoms with Gasteiger partial charge in [-0.3, -0.25) is 9.48 Å². The lowest BCUT2D eigenvalue weighted by molar-refractivity contribution is 0.0519. The molecule has 0 spiro atoms. The lowest BCUT2D eigenvalue weighted by atomic mass is 9.83. The van der Waals surface area contributed by atoms with Crippen LogP contribution >= 0.6 is 0 Å². The predicted octanol–water partition coefficient (Wildman–Crippen LogP) is 2.84. The first-order valence-corrected chi connectivity index (χ1v) is 9.67. The molecule has 0 bridgehead atoms. The molecule has 10 heteroatoms. The second-order valence-electron chi connectivity index (χ2n) is 7.04. The van der Waals surface area contributed by atoms with Crippen LogP contribution < -0.4 is 16.4 Å². The van der Waals surface area contributed by atoms with Crippen LogP contribution in [-0.4, -0.2) is 34.4 Å². The Hall–Kier alpha value is -3.61. The highest BCUT2D eigenvalue weighted by Crippen LogP contribution is 2.36. The Morgan fingerprint density at radius 1 is 1.37 bits per heavy atom. The molecule has 1 aliphatic rings. The number of nitrogens with one attached hydrogen (secondary N) is 2. The minimum Gasteiger partial charge on any atom is -0.446 e. The molecule has 1 heterocycles. The normalized spacial score (nSPS) is 20.8. The van der Waals surface area contributed by atoms with Crippen molar-refractivity contribution in [3.8, 4) is 6.07 Å². The molecule has 3 rings (SSSR count). The molecule has 0 saturated heterocycles. The molecule has 30 heavy (non-hydrogen) atoms. The number of nitriles is 1. The van der Waals surface area contributed by atoms with Gasteiger partial charge in [0.1, 0.15) is 17.5 Å². The zero-order valence-corrected chi connectivity index (χ0v) is 16.5. The third-order valence-corrected chi connectivity index (χ3v) is 4.97. The molecule has 1 fully saturated rings. The number of carbonyl (C=O) groups is 2. The van der Waals surface area contributed by atoms with Gasteiger partial charge in [0.05, 0.1) is 18.0 Å². The number of rotatable bonds is 6. The van der Waals surface area contributed by atoms with Crippen molar-refractivity contribution in [2.45, 2.75) is 38.3 Å². The van der Waals surface area contributed by atoms with Crippen molar-refractivity contribution in [2.24, 2.45) is 11.7 Å². The number of hydrogen-bond acceptors (Lipinski definition) is 6. The van der Waals surface area contributed by atoms with Crippen LogP contribution in [0, 0.1) is 23.1 Å². The summed E-state index contributed by atoms with van der Waals surface area (Å²) in [6.45, 7) is 2.25. The van der Waals surface area contributed by atoms with Crippen molar-refractivity contribution in [2.75, 3.05) is 11.9 Å². The van der Waals surface area contributed by atoms with Crippen molar-refractivity contribution in [1.29, 1.82) is 5.26 Å². The van der Waals surface area contributed by atoms with E-state index in [-0.39, 0.29) is 29.3 Å². The molecule has 1 aliphatic carbocycles. The molecule has 0 radical (unpaired) electrons. The van der Waals surface area contributed by atoms with E-state index >= 15 is 0 Å². The first kappa shape index (κ1) is 21.1. The van der Waals surface area contributed by atoms with Crippen LogP contribution in [0.25, 0.3) is 0 Å². The summed E-state index contributed by atoms with van der Waals surface area (Å²) < 4.78 is 20.0. The molecule has 2 amide bonds. The van der Waals surface area contributed by atoms with Gasteiger partial charge < -0.3 is 21.1 Å². The molecule has 158 valence electrons. The number of aromatic nitrogens is 2. The summed E-state index contributed by atoms with van der Waals surface area (Å²) in [6.07, 6.45) is 2.11. The SMILES string of the molecule is CCNC(=O)O[C@H]1CC[C@@H](n2cc(C(N)=O)c(Nc3ccc(F)cc3)n2)[C@H](C#N)C1. The first-order chi connectivity index (χ1) is 14.4. The summed E-state index contributed by atoms with van der Waals surface area (Å²) in [7, 11) is 0. The summed E-state index contributed by atoms with van der Waals surface area (Å²) in [5.74, 6) is -1.29. The fourth-order valence-corrected chi connectivity index (χ4v) is 3.52. The van der Waals surface area contributed by atoms with Gasteiger partial charge in [0, 0.05) is 24.8 Å². The Balaban J connectivity index is 1.78. The third-order valence-electron chi connectivity index (χ3n) is 4.97. The Morgan fingerprint density at radius 2 is 2.10 bits per heavy atom. The highest BCUT2D eigenvalue weighted by atomic mass is 19.1. The van der Waals surface area contributed by atoms with Crippen molar-refractivity contribution < 1.29 is 18.7 Å². The largest absolute Gasteiger partial charge is 0.446 e. The molecular weight excluding hydrogens is 391 g/mol. The lowest BCUT2D eigenvalue weighted by Crippen LogP contribution is -2.35. The molecule has 9 nitrogen and oxygen atoms in total. The van der Waals surface area contributed by atoms with Crippen molar-refractivity contribution >= 4 is 23.5 Å². The third kappa shape index (κ3) is 4.86. The molecule has 1 aromatic carbocycles. The average Bonchev–Trinajstić information content (AvgIpc) is 3.13. The summed E-state index contributed by atoms with van der Waals surface area (Å²) in [5, 5.41) is 19.6. The number of primary amides is 1. The van der Waals surface area contributed by atoms with Crippen LogP contribution in [-0.2, 0) is 4.74 Å². The van der Waals surface area contributed by atoms with Gasteiger partial charge in [0.25, 0.3) is 5.91 Å². The van der Waals surface area contributed by atoms with Gasteiger partial charge in [0.15, 0.2) is 5.82 Å². The number of alkyl carbamates (subject to hydrolysis) is 1. The summed E-state index contributed by atoms with van der Waals surface area (Å²) in [5.41, 5.74) is 6.19. The monoisotopic (exact) mass is 414 g/mol. The highest BCUT2D eigenvalue weighted by molar-refractivity contribution is 5.98. The van der Waals surface area contributed by atoms with Crippen LogP contribution in [0.1, 0.15) is 42.6 Å². The van der Waals surface area contributed by atoms with Gasteiger partial charge in [-0.05, 0) is 44.0 Å². The number of halogens is 1. The zero-order chi connectivity index (χ0) is 21.7. The molecule has 0 unspecified atom stereocenters. The zero-order valence-electron chi connectivity index (χ0n) is 16.5. The first-order valence-electron chi connectivity index (χ1n) is 9.67. The van der Waals surface area contributed by atoms with Crippen LogP contribution in [0.3, 0.4) is 0 Å². The molecule has 3 atom stereocenters. The topological polar surface area (TPSA) is 135 Å². The maximum atomic E-state index is 13.1. The highest BCUT2D eigenvalue weighted by Gasteiger charge is 2.35. The predicted molar refractivity (Wildman–Crippen MR) is 106 cm³/mol. The van der Waals surface area contributed by atoms with E-state index in [1.165, 1.54) is 30.5 Å². The number of hydrogen-bond donors (Lipinski definition) is 3.